The highest BCUT2D eigenvalue weighted by Gasteiger charge is 2.09. The average molecular weight is 309 g/mol. The fourth-order valence-corrected chi connectivity index (χ4v) is 2.38. The van der Waals surface area contributed by atoms with E-state index in [1.54, 1.807) is 0 Å². The Balaban J connectivity index is 1.83. The highest BCUT2D eigenvalue weighted by atomic mass is 16.2. The van der Waals surface area contributed by atoms with E-state index in [0.29, 0.717) is 5.56 Å². The van der Waals surface area contributed by atoms with Gasteiger partial charge in [-0.2, -0.15) is 0 Å². The summed E-state index contributed by atoms with van der Waals surface area (Å²) in [6.45, 7) is 4.13. The van der Waals surface area contributed by atoms with Gasteiger partial charge >= 0.3 is 0 Å². The normalized spacial score (nSPS) is 10.3. The van der Waals surface area contributed by atoms with Crippen LogP contribution in [0, 0.1) is 6.92 Å². The first-order valence-electron chi connectivity index (χ1n) is 8.07. The molecule has 2 aromatic carbocycles. The maximum absolute atomic E-state index is 12.1. The molecule has 0 aromatic heterocycles. The van der Waals surface area contributed by atoms with Crippen molar-refractivity contribution in [2.45, 2.75) is 39.5 Å². The van der Waals surface area contributed by atoms with Crippen molar-refractivity contribution in [3.63, 3.8) is 0 Å². The molecule has 0 saturated carbocycles. The summed E-state index contributed by atoms with van der Waals surface area (Å²) in [6, 6.07) is 15.3. The number of carbonyl (C=O) groups is 2. The van der Waals surface area contributed by atoms with Crippen LogP contribution in [0.15, 0.2) is 48.5 Å². The number of anilines is 1. The Kier molecular flexibility index (Phi) is 6.10. The van der Waals surface area contributed by atoms with Crippen molar-refractivity contribution >= 4 is 17.4 Å². The lowest BCUT2D eigenvalue weighted by atomic mass is 10.0. The van der Waals surface area contributed by atoms with E-state index in [2.05, 4.69) is 12.2 Å². The Labute approximate surface area is 137 Å². The van der Waals surface area contributed by atoms with Crippen molar-refractivity contribution in [2.75, 3.05) is 5.32 Å². The second-order valence-electron chi connectivity index (χ2n) is 5.78. The van der Waals surface area contributed by atoms with Gasteiger partial charge in [0.25, 0.3) is 0 Å². The van der Waals surface area contributed by atoms with Gasteiger partial charge in [0.15, 0.2) is 5.78 Å². The third-order valence-corrected chi connectivity index (χ3v) is 3.73. The Hall–Kier alpha value is -2.42. The molecule has 3 nitrogen and oxygen atoms in total. The van der Waals surface area contributed by atoms with Crippen LogP contribution < -0.4 is 5.32 Å². The Bertz CT molecular complexity index is 657. The first-order valence-corrected chi connectivity index (χ1v) is 8.07. The number of hydrogen-bond donors (Lipinski definition) is 1. The van der Waals surface area contributed by atoms with Crippen LogP contribution in [0.2, 0.25) is 0 Å². The highest BCUT2D eigenvalue weighted by molar-refractivity contribution is 6.00. The van der Waals surface area contributed by atoms with Crippen molar-refractivity contribution in [2.24, 2.45) is 0 Å². The van der Waals surface area contributed by atoms with E-state index in [1.165, 1.54) is 5.56 Å². The summed E-state index contributed by atoms with van der Waals surface area (Å²) in [6.07, 6.45) is 2.54. The minimum absolute atomic E-state index is 0.00658. The largest absolute Gasteiger partial charge is 0.326 e. The molecule has 0 aliphatic rings. The molecule has 2 rings (SSSR count). The molecule has 0 heterocycles. The summed E-state index contributed by atoms with van der Waals surface area (Å²) < 4.78 is 0. The van der Waals surface area contributed by atoms with Crippen LogP contribution in [-0.2, 0) is 11.2 Å². The molecule has 1 N–H and O–H groups in total. The lowest BCUT2D eigenvalue weighted by Crippen LogP contribution is -2.13. The smallest absolute Gasteiger partial charge is 0.224 e. The maximum Gasteiger partial charge on any atom is 0.224 e. The first-order chi connectivity index (χ1) is 11.1. The van der Waals surface area contributed by atoms with Gasteiger partial charge in [0.1, 0.15) is 0 Å². The van der Waals surface area contributed by atoms with Gasteiger partial charge < -0.3 is 5.32 Å². The van der Waals surface area contributed by atoms with Gasteiger partial charge in [0.2, 0.25) is 5.91 Å². The van der Waals surface area contributed by atoms with Crippen LogP contribution in [0.25, 0.3) is 0 Å². The molecule has 0 radical (unpaired) electrons. The lowest BCUT2D eigenvalue weighted by molar-refractivity contribution is -0.116. The first kappa shape index (κ1) is 16.9. The van der Waals surface area contributed by atoms with Crippen molar-refractivity contribution in [3.05, 3.63) is 65.2 Å². The molecule has 0 atom stereocenters. The second-order valence-corrected chi connectivity index (χ2v) is 5.78. The predicted molar refractivity (Wildman–Crippen MR) is 93.8 cm³/mol. The van der Waals surface area contributed by atoms with Gasteiger partial charge in [-0.15, -0.1) is 0 Å². The zero-order valence-electron chi connectivity index (χ0n) is 13.8. The van der Waals surface area contributed by atoms with Crippen LogP contribution in [0.4, 0.5) is 5.69 Å². The van der Waals surface area contributed by atoms with Crippen molar-refractivity contribution in [1.82, 2.24) is 0 Å². The van der Waals surface area contributed by atoms with Crippen molar-refractivity contribution in [1.29, 1.82) is 0 Å². The lowest BCUT2D eigenvalue weighted by Gasteiger charge is -2.06. The molecule has 0 saturated heterocycles. The van der Waals surface area contributed by atoms with Gasteiger partial charge in [-0.1, -0.05) is 55.3 Å². The van der Waals surface area contributed by atoms with Crippen LogP contribution in [0.3, 0.4) is 0 Å². The SMILES string of the molecule is CCCc1ccc(C(=O)CCC(=O)Nc2ccc(C)cc2)cc1. The number of carbonyl (C=O) groups excluding carboxylic acids is 2. The minimum atomic E-state index is -0.134. The maximum atomic E-state index is 12.1. The standard InChI is InChI=1S/C20H23NO2/c1-3-4-16-7-9-17(10-8-16)19(22)13-14-20(23)21-18-11-5-15(2)6-12-18/h5-12H,3-4,13-14H2,1-2H3,(H,21,23). The molecule has 0 aliphatic heterocycles. The van der Waals surface area contributed by atoms with E-state index in [1.807, 2.05) is 55.5 Å². The molecule has 2 aromatic rings. The summed E-state index contributed by atoms with van der Waals surface area (Å²) in [7, 11) is 0. The average Bonchev–Trinajstić information content (AvgIpc) is 2.56. The quantitative estimate of drug-likeness (QED) is 0.763. The number of ketones is 1. The van der Waals surface area contributed by atoms with Gasteiger partial charge in [-0.05, 0) is 31.0 Å². The van der Waals surface area contributed by atoms with E-state index < -0.39 is 0 Å². The number of nitrogens with one attached hydrogen (secondary N) is 1. The molecule has 23 heavy (non-hydrogen) atoms. The molecular formula is C20H23NO2. The van der Waals surface area contributed by atoms with Crippen LogP contribution in [-0.4, -0.2) is 11.7 Å². The number of hydrogen-bond acceptors (Lipinski definition) is 2. The second kappa shape index (κ2) is 8.28. The number of aryl methyl sites for hydroxylation is 2. The van der Waals surface area contributed by atoms with Gasteiger partial charge in [-0.3, -0.25) is 9.59 Å². The van der Waals surface area contributed by atoms with E-state index in [9.17, 15) is 9.59 Å². The molecule has 120 valence electrons. The van der Waals surface area contributed by atoms with Crippen molar-refractivity contribution in [3.8, 4) is 0 Å². The van der Waals surface area contributed by atoms with E-state index >= 15 is 0 Å². The number of Topliss-reactive ketones (excluding diaryl/α,β-unsaturated/α-hetero) is 1. The summed E-state index contributed by atoms with van der Waals surface area (Å²) in [5.74, 6) is -0.128. The van der Waals surface area contributed by atoms with Crippen LogP contribution >= 0.6 is 0 Å². The zero-order valence-corrected chi connectivity index (χ0v) is 13.8. The Morgan fingerprint density at radius 2 is 1.57 bits per heavy atom. The third-order valence-electron chi connectivity index (χ3n) is 3.73. The molecule has 0 bridgehead atoms. The summed E-state index contributed by atoms with van der Waals surface area (Å²) in [4.78, 5) is 24.0. The minimum Gasteiger partial charge on any atom is -0.326 e. The van der Waals surface area contributed by atoms with E-state index in [0.717, 1.165) is 24.1 Å². The van der Waals surface area contributed by atoms with E-state index in [4.69, 9.17) is 0 Å². The van der Waals surface area contributed by atoms with E-state index in [-0.39, 0.29) is 24.5 Å². The summed E-state index contributed by atoms with van der Waals surface area (Å²) >= 11 is 0. The molecule has 0 fully saturated rings. The number of amides is 1. The van der Waals surface area contributed by atoms with Crippen molar-refractivity contribution < 1.29 is 9.59 Å². The predicted octanol–water partition coefficient (Wildman–Crippen LogP) is 4.55. The number of rotatable bonds is 7. The molecule has 0 aliphatic carbocycles. The van der Waals surface area contributed by atoms with Crippen LogP contribution in [0.5, 0.6) is 0 Å². The zero-order chi connectivity index (χ0) is 16.7. The fraction of sp³-hybridized carbons (Fsp3) is 0.300. The third kappa shape index (κ3) is 5.37. The molecule has 3 heteroatoms. The molecular weight excluding hydrogens is 286 g/mol. The Morgan fingerprint density at radius 1 is 0.913 bits per heavy atom. The molecule has 0 spiro atoms. The molecule has 1 amide bonds. The summed E-state index contributed by atoms with van der Waals surface area (Å²) in [5.41, 5.74) is 3.82. The summed E-state index contributed by atoms with van der Waals surface area (Å²) in [5, 5.41) is 2.81. The number of benzene rings is 2. The van der Waals surface area contributed by atoms with Crippen LogP contribution in [0.1, 0.15) is 47.7 Å². The molecule has 0 unspecified atom stereocenters. The topological polar surface area (TPSA) is 46.2 Å². The Morgan fingerprint density at radius 3 is 2.17 bits per heavy atom. The van der Waals surface area contributed by atoms with Gasteiger partial charge in [0.05, 0.1) is 0 Å². The monoisotopic (exact) mass is 309 g/mol. The highest BCUT2D eigenvalue weighted by Crippen LogP contribution is 2.12. The van der Waals surface area contributed by atoms with Gasteiger partial charge in [-0.25, -0.2) is 0 Å². The van der Waals surface area contributed by atoms with Gasteiger partial charge in [0, 0.05) is 24.1 Å². The fourth-order valence-electron chi connectivity index (χ4n) is 2.38.